The van der Waals surface area contributed by atoms with E-state index < -0.39 is 5.97 Å². The van der Waals surface area contributed by atoms with Crippen molar-refractivity contribution in [2.24, 2.45) is 0 Å². The molecule has 0 bridgehead atoms. The molecule has 0 radical (unpaired) electrons. The fourth-order valence-electron chi connectivity index (χ4n) is 2.06. The van der Waals surface area contributed by atoms with Crippen molar-refractivity contribution in [3.8, 4) is 5.75 Å². The molecule has 2 aromatic carbocycles. The van der Waals surface area contributed by atoms with Gasteiger partial charge in [-0.2, -0.15) is 0 Å². The number of rotatable bonds is 5. The van der Waals surface area contributed by atoms with E-state index >= 15 is 0 Å². The number of carboxylic acids is 1. The van der Waals surface area contributed by atoms with E-state index in [0.29, 0.717) is 22.9 Å². The Bertz CT molecular complexity index is 633. The molecular weight excluding hydrogens is 288 g/mol. The molecule has 110 valence electrons. The second-order valence-electron chi connectivity index (χ2n) is 5.12. The Kier molecular flexibility index (Phi) is 4.86. The molecule has 2 rings (SSSR count). The SMILES string of the molecule is CC(C)c1ccc(OCc2ccc(Cl)cc2)cc1C(=O)O. The topological polar surface area (TPSA) is 46.5 Å². The van der Waals surface area contributed by atoms with E-state index in [1.807, 2.05) is 32.0 Å². The van der Waals surface area contributed by atoms with Crippen LogP contribution in [0.3, 0.4) is 0 Å². The summed E-state index contributed by atoms with van der Waals surface area (Å²) in [5.74, 6) is -0.233. The third kappa shape index (κ3) is 3.99. The highest BCUT2D eigenvalue weighted by Gasteiger charge is 2.14. The molecule has 21 heavy (non-hydrogen) atoms. The van der Waals surface area contributed by atoms with Gasteiger partial charge in [-0.3, -0.25) is 0 Å². The molecule has 0 amide bonds. The first-order chi connectivity index (χ1) is 9.97. The van der Waals surface area contributed by atoms with Gasteiger partial charge in [0, 0.05) is 5.02 Å². The molecule has 0 saturated carbocycles. The lowest BCUT2D eigenvalue weighted by molar-refractivity contribution is 0.0694. The zero-order valence-electron chi connectivity index (χ0n) is 12.0. The first-order valence-electron chi connectivity index (χ1n) is 6.72. The standard InChI is InChI=1S/C17H17ClO3/c1-11(2)15-8-7-14(9-16(15)17(19)20)21-10-12-3-5-13(18)6-4-12/h3-9,11H,10H2,1-2H3,(H,19,20). The van der Waals surface area contributed by atoms with Gasteiger partial charge in [-0.1, -0.05) is 43.6 Å². The summed E-state index contributed by atoms with van der Waals surface area (Å²) in [6.07, 6.45) is 0. The van der Waals surface area contributed by atoms with Gasteiger partial charge in [0.05, 0.1) is 5.56 Å². The maximum atomic E-state index is 11.3. The Balaban J connectivity index is 2.15. The van der Waals surface area contributed by atoms with E-state index in [4.69, 9.17) is 16.3 Å². The summed E-state index contributed by atoms with van der Waals surface area (Å²) in [7, 11) is 0. The van der Waals surface area contributed by atoms with E-state index in [1.54, 1.807) is 24.3 Å². The van der Waals surface area contributed by atoms with Gasteiger partial charge in [-0.15, -0.1) is 0 Å². The van der Waals surface area contributed by atoms with Crippen molar-refractivity contribution in [3.63, 3.8) is 0 Å². The van der Waals surface area contributed by atoms with Gasteiger partial charge < -0.3 is 9.84 Å². The summed E-state index contributed by atoms with van der Waals surface area (Å²) < 4.78 is 5.65. The summed E-state index contributed by atoms with van der Waals surface area (Å²) in [6.45, 7) is 4.31. The molecule has 1 N–H and O–H groups in total. The maximum Gasteiger partial charge on any atom is 0.336 e. The van der Waals surface area contributed by atoms with Gasteiger partial charge in [0.15, 0.2) is 0 Å². The molecule has 0 unspecified atom stereocenters. The van der Waals surface area contributed by atoms with Crippen molar-refractivity contribution < 1.29 is 14.6 Å². The molecule has 0 aliphatic carbocycles. The normalized spacial score (nSPS) is 10.7. The molecule has 0 saturated heterocycles. The zero-order chi connectivity index (χ0) is 15.4. The van der Waals surface area contributed by atoms with Crippen LogP contribution < -0.4 is 4.74 Å². The predicted octanol–water partition coefficient (Wildman–Crippen LogP) is 4.74. The third-order valence-corrected chi connectivity index (χ3v) is 3.45. The van der Waals surface area contributed by atoms with Crippen molar-refractivity contribution in [1.29, 1.82) is 0 Å². The molecule has 0 spiro atoms. The highest BCUT2D eigenvalue weighted by atomic mass is 35.5. The average Bonchev–Trinajstić information content (AvgIpc) is 2.46. The highest BCUT2D eigenvalue weighted by Crippen LogP contribution is 2.25. The van der Waals surface area contributed by atoms with Crippen molar-refractivity contribution >= 4 is 17.6 Å². The quantitative estimate of drug-likeness (QED) is 0.867. The molecule has 4 heteroatoms. The van der Waals surface area contributed by atoms with Crippen LogP contribution in [-0.4, -0.2) is 11.1 Å². The molecule has 0 heterocycles. The summed E-state index contributed by atoms with van der Waals surface area (Å²) in [4.78, 5) is 11.3. The number of aromatic carboxylic acids is 1. The Morgan fingerprint density at radius 2 is 1.86 bits per heavy atom. The number of hydrogen-bond donors (Lipinski definition) is 1. The maximum absolute atomic E-state index is 11.3. The summed E-state index contributed by atoms with van der Waals surface area (Å²) in [5, 5.41) is 9.96. The molecule has 0 aliphatic heterocycles. The average molecular weight is 305 g/mol. The van der Waals surface area contributed by atoms with Crippen LogP contribution in [0, 0.1) is 0 Å². The Morgan fingerprint density at radius 1 is 1.19 bits per heavy atom. The van der Waals surface area contributed by atoms with Crippen LogP contribution in [0.25, 0.3) is 0 Å². The van der Waals surface area contributed by atoms with Crippen LogP contribution in [0.15, 0.2) is 42.5 Å². The second kappa shape index (κ2) is 6.64. The van der Waals surface area contributed by atoms with Gasteiger partial charge in [-0.05, 0) is 41.3 Å². The van der Waals surface area contributed by atoms with Gasteiger partial charge in [0.2, 0.25) is 0 Å². The van der Waals surface area contributed by atoms with Crippen molar-refractivity contribution in [1.82, 2.24) is 0 Å². The van der Waals surface area contributed by atoms with E-state index in [0.717, 1.165) is 11.1 Å². The lowest BCUT2D eigenvalue weighted by Crippen LogP contribution is -2.05. The smallest absolute Gasteiger partial charge is 0.336 e. The molecule has 2 aromatic rings. The number of hydrogen-bond acceptors (Lipinski definition) is 2. The van der Waals surface area contributed by atoms with Crippen molar-refractivity contribution in [2.75, 3.05) is 0 Å². The number of ether oxygens (including phenoxy) is 1. The van der Waals surface area contributed by atoms with E-state index in [-0.39, 0.29) is 5.92 Å². The van der Waals surface area contributed by atoms with Gasteiger partial charge in [0.1, 0.15) is 12.4 Å². The van der Waals surface area contributed by atoms with Crippen LogP contribution in [0.2, 0.25) is 5.02 Å². The van der Waals surface area contributed by atoms with Crippen LogP contribution >= 0.6 is 11.6 Å². The van der Waals surface area contributed by atoms with Gasteiger partial charge in [-0.25, -0.2) is 4.79 Å². The van der Waals surface area contributed by atoms with E-state index in [9.17, 15) is 9.90 Å². The first-order valence-corrected chi connectivity index (χ1v) is 7.09. The molecular formula is C17H17ClO3. The monoisotopic (exact) mass is 304 g/mol. The van der Waals surface area contributed by atoms with Crippen molar-refractivity contribution in [3.05, 3.63) is 64.2 Å². The third-order valence-electron chi connectivity index (χ3n) is 3.20. The number of benzene rings is 2. The zero-order valence-corrected chi connectivity index (χ0v) is 12.7. The number of carbonyl (C=O) groups is 1. The summed E-state index contributed by atoms with van der Waals surface area (Å²) >= 11 is 5.83. The Hall–Kier alpha value is -2.00. The van der Waals surface area contributed by atoms with E-state index in [1.165, 1.54) is 0 Å². The van der Waals surface area contributed by atoms with E-state index in [2.05, 4.69) is 0 Å². The van der Waals surface area contributed by atoms with Crippen molar-refractivity contribution in [2.45, 2.75) is 26.4 Å². The van der Waals surface area contributed by atoms with Crippen LogP contribution in [-0.2, 0) is 6.61 Å². The largest absolute Gasteiger partial charge is 0.489 e. The van der Waals surface area contributed by atoms with Crippen LogP contribution in [0.5, 0.6) is 5.75 Å². The van der Waals surface area contributed by atoms with Gasteiger partial charge >= 0.3 is 5.97 Å². The number of halogens is 1. The lowest BCUT2D eigenvalue weighted by Gasteiger charge is -2.12. The summed E-state index contributed by atoms with van der Waals surface area (Å²) in [5.41, 5.74) is 2.07. The molecule has 0 aliphatic rings. The van der Waals surface area contributed by atoms with Gasteiger partial charge in [0.25, 0.3) is 0 Å². The molecule has 0 atom stereocenters. The molecule has 3 nitrogen and oxygen atoms in total. The highest BCUT2D eigenvalue weighted by molar-refractivity contribution is 6.30. The fourth-order valence-corrected chi connectivity index (χ4v) is 2.19. The molecule has 0 fully saturated rings. The minimum Gasteiger partial charge on any atom is -0.489 e. The second-order valence-corrected chi connectivity index (χ2v) is 5.56. The molecule has 0 aromatic heterocycles. The summed E-state index contributed by atoms with van der Waals surface area (Å²) in [6, 6.07) is 12.5. The fraction of sp³-hybridized carbons (Fsp3) is 0.235. The number of carboxylic acid groups (broad SMARTS) is 1. The minimum atomic E-state index is -0.935. The van der Waals surface area contributed by atoms with Crippen LogP contribution in [0.1, 0.15) is 41.3 Å². The minimum absolute atomic E-state index is 0.154. The predicted molar refractivity (Wildman–Crippen MR) is 83.3 cm³/mol. The Labute approximate surface area is 129 Å². The Morgan fingerprint density at radius 3 is 2.43 bits per heavy atom. The van der Waals surface area contributed by atoms with Crippen LogP contribution in [0.4, 0.5) is 0 Å². The first kappa shape index (κ1) is 15.4. The lowest BCUT2D eigenvalue weighted by atomic mass is 9.97.